The lowest BCUT2D eigenvalue weighted by molar-refractivity contribution is 0.414. The number of ether oxygens (including phenoxy) is 1. The van der Waals surface area contributed by atoms with Gasteiger partial charge in [-0.05, 0) is 60.9 Å². The molecule has 0 amide bonds. The highest BCUT2D eigenvalue weighted by atomic mass is 16.5. The van der Waals surface area contributed by atoms with Crippen LogP contribution in [0, 0.1) is 5.92 Å². The van der Waals surface area contributed by atoms with Crippen LogP contribution in [-0.4, -0.2) is 28.2 Å². The van der Waals surface area contributed by atoms with E-state index in [0.29, 0.717) is 0 Å². The molecule has 3 aromatic rings. The topological polar surface area (TPSA) is 43.2 Å². The Kier molecular flexibility index (Phi) is 3.80. The van der Waals surface area contributed by atoms with Crippen LogP contribution in [0.2, 0.25) is 0 Å². The van der Waals surface area contributed by atoms with E-state index in [-0.39, 0.29) is 0 Å². The number of aromatic nitrogens is 3. The molecule has 1 aliphatic carbocycles. The SMILES string of the molecule is COc1ccc(CN2CCCc3cc4ncn(CC5CC5)c4nc32)cc1. The predicted octanol–water partition coefficient (Wildman–Crippen LogP) is 3.80. The highest BCUT2D eigenvalue weighted by molar-refractivity contribution is 5.76. The molecule has 0 saturated heterocycles. The summed E-state index contributed by atoms with van der Waals surface area (Å²) in [5.41, 5.74) is 4.69. The Hall–Kier alpha value is -2.56. The van der Waals surface area contributed by atoms with Crippen LogP contribution >= 0.6 is 0 Å². The number of fused-ring (bicyclic) bond motifs is 2. The van der Waals surface area contributed by atoms with Crippen molar-refractivity contribution in [1.82, 2.24) is 14.5 Å². The van der Waals surface area contributed by atoms with Crippen LogP contribution in [0.3, 0.4) is 0 Å². The largest absolute Gasteiger partial charge is 0.497 e. The molecule has 1 fully saturated rings. The van der Waals surface area contributed by atoms with Gasteiger partial charge in [0.25, 0.3) is 0 Å². The van der Waals surface area contributed by atoms with E-state index in [2.05, 4.69) is 32.7 Å². The number of hydrogen-bond donors (Lipinski definition) is 0. The van der Waals surface area contributed by atoms with Gasteiger partial charge in [0, 0.05) is 19.6 Å². The molecule has 0 bridgehead atoms. The van der Waals surface area contributed by atoms with Gasteiger partial charge in [0.1, 0.15) is 17.1 Å². The van der Waals surface area contributed by atoms with E-state index >= 15 is 0 Å². The van der Waals surface area contributed by atoms with Crippen LogP contribution in [0.25, 0.3) is 11.2 Å². The molecule has 5 heteroatoms. The summed E-state index contributed by atoms with van der Waals surface area (Å²) in [6, 6.07) is 10.6. The number of methoxy groups -OCH3 is 1. The van der Waals surface area contributed by atoms with E-state index in [1.165, 1.54) is 30.4 Å². The quantitative estimate of drug-likeness (QED) is 0.703. The van der Waals surface area contributed by atoms with Crippen molar-refractivity contribution in [2.75, 3.05) is 18.6 Å². The number of benzene rings is 1. The van der Waals surface area contributed by atoms with E-state index in [1.54, 1.807) is 7.11 Å². The van der Waals surface area contributed by atoms with Crippen molar-refractivity contribution in [1.29, 1.82) is 0 Å². The van der Waals surface area contributed by atoms with Gasteiger partial charge in [-0.25, -0.2) is 9.97 Å². The molecule has 1 saturated carbocycles. The molecular weight excluding hydrogens is 324 g/mol. The summed E-state index contributed by atoms with van der Waals surface area (Å²) in [5.74, 6) is 2.86. The molecule has 2 aromatic heterocycles. The second-order valence-electron chi connectivity index (χ2n) is 7.53. The summed E-state index contributed by atoms with van der Waals surface area (Å²) in [6.07, 6.45) is 6.91. The molecule has 5 nitrogen and oxygen atoms in total. The van der Waals surface area contributed by atoms with Gasteiger partial charge in [-0.1, -0.05) is 12.1 Å². The fourth-order valence-corrected chi connectivity index (χ4v) is 3.86. The van der Waals surface area contributed by atoms with Crippen molar-refractivity contribution in [3.8, 4) is 5.75 Å². The van der Waals surface area contributed by atoms with E-state index in [0.717, 1.165) is 54.7 Å². The fraction of sp³-hybridized carbons (Fsp3) is 0.429. The molecule has 0 N–H and O–H groups in total. The predicted molar refractivity (Wildman–Crippen MR) is 103 cm³/mol. The molecule has 0 unspecified atom stereocenters. The van der Waals surface area contributed by atoms with Gasteiger partial charge < -0.3 is 14.2 Å². The summed E-state index contributed by atoms with van der Waals surface area (Å²) in [5, 5.41) is 0. The standard InChI is InChI=1S/C21H24N4O/c1-26-18-8-6-16(7-9-18)12-24-10-2-3-17-11-19-21(23-20(17)24)25(14-22-19)13-15-4-5-15/h6-9,11,14-15H,2-5,10,12-13H2,1H3. The molecule has 0 radical (unpaired) electrons. The lowest BCUT2D eigenvalue weighted by Crippen LogP contribution is -2.30. The number of rotatable bonds is 5. The van der Waals surface area contributed by atoms with Gasteiger partial charge in [0.2, 0.25) is 0 Å². The van der Waals surface area contributed by atoms with Crippen molar-refractivity contribution in [2.24, 2.45) is 5.92 Å². The fourth-order valence-electron chi connectivity index (χ4n) is 3.86. The maximum Gasteiger partial charge on any atom is 0.162 e. The van der Waals surface area contributed by atoms with Gasteiger partial charge in [-0.15, -0.1) is 0 Å². The van der Waals surface area contributed by atoms with Crippen molar-refractivity contribution in [2.45, 2.75) is 38.8 Å². The van der Waals surface area contributed by atoms with Gasteiger partial charge in [0.15, 0.2) is 5.65 Å². The number of anilines is 1. The smallest absolute Gasteiger partial charge is 0.162 e. The second-order valence-corrected chi connectivity index (χ2v) is 7.53. The first-order valence-electron chi connectivity index (χ1n) is 9.53. The molecule has 5 rings (SSSR count). The van der Waals surface area contributed by atoms with Crippen LogP contribution in [0.5, 0.6) is 5.75 Å². The zero-order valence-electron chi connectivity index (χ0n) is 15.2. The third-order valence-corrected chi connectivity index (χ3v) is 5.51. The number of nitrogens with zero attached hydrogens (tertiary/aromatic N) is 4. The first-order chi connectivity index (χ1) is 12.8. The Balaban J connectivity index is 1.47. The van der Waals surface area contributed by atoms with E-state index < -0.39 is 0 Å². The van der Waals surface area contributed by atoms with E-state index in [1.807, 2.05) is 18.5 Å². The highest BCUT2D eigenvalue weighted by Crippen LogP contribution is 2.33. The van der Waals surface area contributed by atoms with Gasteiger partial charge in [-0.2, -0.15) is 0 Å². The zero-order valence-corrected chi connectivity index (χ0v) is 15.2. The zero-order chi connectivity index (χ0) is 17.5. The number of hydrogen-bond acceptors (Lipinski definition) is 4. The van der Waals surface area contributed by atoms with Crippen LogP contribution < -0.4 is 9.64 Å². The summed E-state index contributed by atoms with van der Waals surface area (Å²) in [7, 11) is 1.70. The van der Waals surface area contributed by atoms with Crippen LogP contribution in [0.15, 0.2) is 36.7 Å². The van der Waals surface area contributed by atoms with E-state index in [4.69, 9.17) is 9.72 Å². The number of aryl methyl sites for hydroxylation is 1. The van der Waals surface area contributed by atoms with Crippen molar-refractivity contribution in [3.63, 3.8) is 0 Å². The first-order valence-corrected chi connectivity index (χ1v) is 9.53. The molecular formula is C21H24N4O. The lowest BCUT2D eigenvalue weighted by atomic mass is 10.0. The van der Waals surface area contributed by atoms with Crippen molar-refractivity contribution < 1.29 is 4.74 Å². The summed E-state index contributed by atoms with van der Waals surface area (Å²) in [4.78, 5) is 12.1. The molecule has 3 heterocycles. The average molecular weight is 348 g/mol. The van der Waals surface area contributed by atoms with Crippen molar-refractivity contribution in [3.05, 3.63) is 47.8 Å². The monoisotopic (exact) mass is 348 g/mol. The maximum atomic E-state index is 5.27. The minimum Gasteiger partial charge on any atom is -0.497 e. The first kappa shape index (κ1) is 15.7. The van der Waals surface area contributed by atoms with Crippen LogP contribution in [0.4, 0.5) is 5.82 Å². The number of imidazole rings is 1. The third kappa shape index (κ3) is 2.91. The van der Waals surface area contributed by atoms with Gasteiger partial charge in [0.05, 0.1) is 13.4 Å². The maximum absolute atomic E-state index is 5.27. The Morgan fingerprint density at radius 3 is 2.81 bits per heavy atom. The van der Waals surface area contributed by atoms with Gasteiger partial charge >= 0.3 is 0 Å². The Bertz CT molecular complexity index is 927. The molecule has 0 atom stereocenters. The third-order valence-electron chi connectivity index (χ3n) is 5.51. The minimum atomic E-state index is 0.820. The molecule has 0 spiro atoms. The van der Waals surface area contributed by atoms with Gasteiger partial charge in [-0.3, -0.25) is 0 Å². The molecule has 1 aromatic carbocycles. The summed E-state index contributed by atoms with van der Waals surface area (Å²) < 4.78 is 7.51. The van der Waals surface area contributed by atoms with E-state index in [9.17, 15) is 0 Å². The normalized spacial score (nSPS) is 16.7. The summed E-state index contributed by atoms with van der Waals surface area (Å²) in [6.45, 7) is 2.99. The highest BCUT2D eigenvalue weighted by Gasteiger charge is 2.24. The molecule has 26 heavy (non-hydrogen) atoms. The average Bonchev–Trinajstić information content (AvgIpc) is 3.41. The van der Waals surface area contributed by atoms with Crippen LogP contribution in [-0.2, 0) is 19.5 Å². The Labute approximate surface area is 153 Å². The van der Waals surface area contributed by atoms with Crippen LogP contribution in [0.1, 0.15) is 30.4 Å². The number of pyridine rings is 1. The summed E-state index contributed by atoms with van der Waals surface area (Å²) >= 11 is 0. The Morgan fingerprint density at radius 2 is 2.04 bits per heavy atom. The lowest BCUT2D eigenvalue weighted by Gasteiger charge is -2.30. The van der Waals surface area contributed by atoms with Crippen molar-refractivity contribution >= 4 is 17.0 Å². The minimum absolute atomic E-state index is 0.820. The molecule has 2 aliphatic rings. The second kappa shape index (κ2) is 6.31. The molecule has 134 valence electrons. The molecule has 1 aliphatic heterocycles. The Morgan fingerprint density at radius 1 is 1.19 bits per heavy atom.